The van der Waals surface area contributed by atoms with E-state index in [4.69, 9.17) is 4.74 Å². The number of hydrogen-bond donors (Lipinski definition) is 1. The third-order valence-corrected chi connectivity index (χ3v) is 5.16. The van der Waals surface area contributed by atoms with Gasteiger partial charge in [0, 0.05) is 24.5 Å². The third-order valence-electron chi connectivity index (χ3n) is 5.16. The first-order chi connectivity index (χ1) is 14.3. The van der Waals surface area contributed by atoms with Crippen molar-refractivity contribution in [2.24, 2.45) is 0 Å². The van der Waals surface area contributed by atoms with Crippen LogP contribution in [0.25, 0.3) is 0 Å². The molecule has 0 bridgehead atoms. The lowest BCUT2D eigenvalue weighted by Crippen LogP contribution is -2.36. The van der Waals surface area contributed by atoms with Crippen LogP contribution in [0.1, 0.15) is 12.0 Å². The topological polar surface area (TPSA) is 61.9 Å². The average Bonchev–Trinajstić information content (AvgIpc) is 3.01. The van der Waals surface area contributed by atoms with Gasteiger partial charge in [-0.3, -0.25) is 9.59 Å². The van der Waals surface area contributed by atoms with Crippen LogP contribution in [0.3, 0.4) is 0 Å². The fourth-order valence-electron chi connectivity index (χ4n) is 3.63. The van der Waals surface area contributed by atoms with Crippen LogP contribution in [0.5, 0.6) is 0 Å². The van der Waals surface area contributed by atoms with E-state index in [1.165, 1.54) is 12.1 Å². The van der Waals surface area contributed by atoms with E-state index in [1.807, 2.05) is 24.3 Å². The Balaban J connectivity index is 1.47. The van der Waals surface area contributed by atoms with Gasteiger partial charge in [0.15, 0.2) is 0 Å². The Morgan fingerprint density at radius 1 is 0.967 bits per heavy atom. The number of ether oxygens (including phenoxy) is 1. The van der Waals surface area contributed by atoms with E-state index in [-0.39, 0.29) is 12.1 Å². The number of nitrogens with zero attached hydrogens (tertiary/aromatic N) is 2. The summed E-state index contributed by atoms with van der Waals surface area (Å²) in [7, 11) is 0. The maximum Gasteiger partial charge on any atom is 0.416 e. The molecule has 6 nitrogen and oxygen atoms in total. The molecule has 0 radical (unpaired) electrons. The van der Waals surface area contributed by atoms with Crippen LogP contribution in [0, 0.1) is 0 Å². The largest absolute Gasteiger partial charge is 0.416 e. The van der Waals surface area contributed by atoms with Crippen LogP contribution in [0.4, 0.5) is 30.2 Å². The molecule has 1 N–H and O–H groups in total. The van der Waals surface area contributed by atoms with Crippen LogP contribution in [-0.4, -0.2) is 44.2 Å². The van der Waals surface area contributed by atoms with Crippen molar-refractivity contribution in [3.63, 3.8) is 0 Å². The maximum absolute atomic E-state index is 13.0. The number of hydrogen-bond acceptors (Lipinski definition) is 5. The first-order valence-corrected chi connectivity index (χ1v) is 9.56. The van der Waals surface area contributed by atoms with Gasteiger partial charge in [0.25, 0.3) is 5.91 Å². The SMILES string of the molecule is O=C1C[C@@H](Nc2ccc(N3CCOCC3)cc2)C(=O)N1c1cccc(C(F)(F)F)c1. The van der Waals surface area contributed by atoms with Gasteiger partial charge in [-0.1, -0.05) is 6.07 Å². The summed E-state index contributed by atoms with van der Waals surface area (Å²) in [6, 6.07) is 10.9. The molecular formula is C21H20F3N3O3. The van der Waals surface area contributed by atoms with Gasteiger partial charge >= 0.3 is 6.18 Å². The van der Waals surface area contributed by atoms with Crippen LogP contribution in [0.15, 0.2) is 48.5 Å². The fourth-order valence-corrected chi connectivity index (χ4v) is 3.63. The molecule has 2 aromatic carbocycles. The smallest absolute Gasteiger partial charge is 0.378 e. The zero-order chi connectivity index (χ0) is 21.3. The highest BCUT2D eigenvalue weighted by Gasteiger charge is 2.40. The number of amides is 2. The first kappa shape index (κ1) is 20.2. The number of imide groups is 1. The summed E-state index contributed by atoms with van der Waals surface area (Å²) in [6.45, 7) is 2.94. The summed E-state index contributed by atoms with van der Waals surface area (Å²) in [6.07, 6.45) is -4.68. The molecule has 0 spiro atoms. The first-order valence-electron chi connectivity index (χ1n) is 9.56. The summed E-state index contributed by atoms with van der Waals surface area (Å²) in [5.41, 5.74) is 0.704. The van der Waals surface area contributed by atoms with Crippen LogP contribution in [-0.2, 0) is 20.5 Å². The molecule has 9 heteroatoms. The lowest BCUT2D eigenvalue weighted by molar-refractivity contribution is -0.137. The average molecular weight is 419 g/mol. The number of alkyl halides is 3. The standard InChI is InChI=1S/C21H20F3N3O3/c22-21(23,24)14-2-1-3-17(12-14)27-19(28)13-18(20(27)29)25-15-4-6-16(7-5-15)26-8-10-30-11-9-26/h1-7,12,18,25H,8-11,13H2/t18-/m1/s1. The quantitative estimate of drug-likeness (QED) is 0.771. The van der Waals surface area contributed by atoms with E-state index in [0.717, 1.165) is 35.8 Å². The number of benzene rings is 2. The number of rotatable bonds is 4. The van der Waals surface area contributed by atoms with Crippen LogP contribution >= 0.6 is 0 Å². The molecule has 2 aliphatic rings. The number of anilines is 3. The minimum atomic E-state index is -4.55. The van der Waals surface area contributed by atoms with E-state index in [2.05, 4.69) is 10.2 Å². The van der Waals surface area contributed by atoms with Crippen LogP contribution in [0.2, 0.25) is 0 Å². The zero-order valence-electron chi connectivity index (χ0n) is 16.0. The molecule has 0 saturated carbocycles. The molecule has 2 amide bonds. The lowest BCUT2D eigenvalue weighted by atomic mass is 10.2. The summed E-state index contributed by atoms with van der Waals surface area (Å²) in [5, 5.41) is 3.02. The molecule has 0 aromatic heterocycles. The second-order valence-electron chi connectivity index (χ2n) is 7.16. The second-order valence-corrected chi connectivity index (χ2v) is 7.16. The molecule has 158 valence electrons. The van der Waals surface area contributed by atoms with Crippen molar-refractivity contribution in [2.45, 2.75) is 18.6 Å². The molecule has 1 atom stereocenters. The fraction of sp³-hybridized carbons (Fsp3) is 0.333. The Hall–Kier alpha value is -3.07. The Labute approximate surface area is 171 Å². The predicted octanol–water partition coefficient (Wildman–Crippen LogP) is 3.29. The van der Waals surface area contributed by atoms with E-state index in [9.17, 15) is 22.8 Å². The summed E-state index contributed by atoms with van der Waals surface area (Å²) in [4.78, 5) is 28.1. The highest BCUT2D eigenvalue weighted by molar-refractivity contribution is 6.23. The van der Waals surface area contributed by atoms with Gasteiger partial charge in [-0.25, -0.2) is 4.90 Å². The van der Waals surface area contributed by atoms with E-state index < -0.39 is 29.6 Å². The van der Waals surface area contributed by atoms with Crippen molar-refractivity contribution < 1.29 is 27.5 Å². The number of nitrogens with one attached hydrogen (secondary N) is 1. The maximum atomic E-state index is 13.0. The van der Waals surface area contributed by atoms with Gasteiger partial charge in [0.1, 0.15) is 6.04 Å². The van der Waals surface area contributed by atoms with Crippen molar-refractivity contribution in [3.8, 4) is 0 Å². The Morgan fingerprint density at radius 2 is 1.67 bits per heavy atom. The monoisotopic (exact) mass is 419 g/mol. The van der Waals surface area contributed by atoms with E-state index in [1.54, 1.807) is 0 Å². The molecule has 30 heavy (non-hydrogen) atoms. The number of halogens is 3. The number of morpholine rings is 1. The van der Waals surface area contributed by atoms with Gasteiger partial charge in [-0.05, 0) is 42.5 Å². The van der Waals surface area contributed by atoms with Gasteiger partial charge < -0.3 is 15.0 Å². The van der Waals surface area contributed by atoms with Crippen LogP contribution < -0.4 is 15.1 Å². The Morgan fingerprint density at radius 3 is 2.33 bits per heavy atom. The molecule has 0 aliphatic carbocycles. The third kappa shape index (κ3) is 4.11. The molecule has 2 saturated heterocycles. The minimum absolute atomic E-state index is 0.0770. The predicted molar refractivity (Wildman–Crippen MR) is 105 cm³/mol. The molecule has 2 aliphatic heterocycles. The van der Waals surface area contributed by atoms with Crippen molar-refractivity contribution in [1.82, 2.24) is 0 Å². The second kappa shape index (κ2) is 7.98. The Kier molecular flexibility index (Phi) is 5.38. The van der Waals surface area contributed by atoms with Gasteiger partial charge in [0.2, 0.25) is 5.91 Å². The molecule has 0 unspecified atom stereocenters. The summed E-state index contributed by atoms with van der Waals surface area (Å²) < 4.78 is 44.2. The zero-order valence-corrected chi connectivity index (χ0v) is 16.0. The van der Waals surface area contributed by atoms with Crippen molar-refractivity contribution in [3.05, 3.63) is 54.1 Å². The van der Waals surface area contributed by atoms with Gasteiger partial charge in [-0.2, -0.15) is 13.2 Å². The lowest BCUT2D eigenvalue weighted by Gasteiger charge is -2.29. The highest BCUT2D eigenvalue weighted by Crippen LogP contribution is 2.33. The molecule has 2 heterocycles. The van der Waals surface area contributed by atoms with Crippen molar-refractivity contribution in [2.75, 3.05) is 41.4 Å². The van der Waals surface area contributed by atoms with Gasteiger partial charge in [-0.15, -0.1) is 0 Å². The molecule has 4 rings (SSSR count). The number of carbonyl (C=O) groups excluding carboxylic acids is 2. The molecular weight excluding hydrogens is 399 g/mol. The van der Waals surface area contributed by atoms with Crippen molar-refractivity contribution >= 4 is 28.9 Å². The minimum Gasteiger partial charge on any atom is -0.378 e. The highest BCUT2D eigenvalue weighted by atomic mass is 19.4. The van der Waals surface area contributed by atoms with E-state index in [0.29, 0.717) is 18.9 Å². The normalized spacial score (nSPS) is 20.0. The molecule has 2 aromatic rings. The van der Waals surface area contributed by atoms with Crippen molar-refractivity contribution in [1.29, 1.82) is 0 Å². The summed E-state index contributed by atoms with van der Waals surface area (Å²) >= 11 is 0. The Bertz CT molecular complexity index is 941. The summed E-state index contributed by atoms with van der Waals surface area (Å²) in [5.74, 6) is -1.11. The molecule has 2 fully saturated rings. The van der Waals surface area contributed by atoms with Gasteiger partial charge in [0.05, 0.1) is 30.9 Å². The van der Waals surface area contributed by atoms with E-state index >= 15 is 0 Å². The number of carbonyl (C=O) groups is 2.